The summed E-state index contributed by atoms with van der Waals surface area (Å²) in [5.74, 6) is -0.270. The number of nitro benzene ring substituents is 1. The summed E-state index contributed by atoms with van der Waals surface area (Å²) in [4.78, 5) is 21.8. The lowest BCUT2D eigenvalue weighted by molar-refractivity contribution is -0.384. The number of hydrogen-bond donors (Lipinski definition) is 2. The van der Waals surface area contributed by atoms with E-state index in [-0.39, 0.29) is 16.7 Å². The van der Waals surface area contributed by atoms with Crippen LogP contribution in [0, 0.1) is 10.1 Å². The van der Waals surface area contributed by atoms with Crippen molar-refractivity contribution in [2.45, 2.75) is 0 Å². The van der Waals surface area contributed by atoms with Crippen LogP contribution in [-0.4, -0.2) is 20.5 Å². The molecule has 1 aromatic carbocycles. The zero-order valence-electron chi connectivity index (χ0n) is 11.1. The summed E-state index contributed by atoms with van der Waals surface area (Å²) < 4.78 is 1.81. The van der Waals surface area contributed by atoms with Crippen LogP contribution in [0.15, 0.2) is 48.4 Å². The van der Waals surface area contributed by atoms with Crippen molar-refractivity contribution >= 4 is 35.0 Å². The maximum Gasteiger partial charge on any atom is 0.273 e. The first-order valence-electron chi connectivity index (χ1n) is 6.30. The van der Waals surface area contributed by atoms with Crippen molar-refractivity contribution in [2.24, 2.45) is 0 Å². The summed E-state index contributed by atoms with van der Waals surface area (Å²) in [7, 11) is 0. The lowest BCUT2D eigenvalue weighted by Crippen LogP contribution is -2.21. The van der Waals surface area contributed by atoms with Crippen LogP contribution in [0.1, 0.15) is 5.56 Å². The van der Waals surface area contributed by atoms with Gasteiger partial charge in [-0.2, -0.15) is 0 Å². The van der Waals surface area contributed by atoms with Crippen molar-refractivity contribution in [3.05, 3.63) is 64.1 Å². The SMILES string of the molecule is O=C1NC(=S)N/C1=C\c1ccn(-c2ccc([N+](=O)[O-])cc2)c1. The third-order valence-electron chi connectivity index (χ3n) is 3.11. The van der Waals surface area contributed by atoms with E-state index in [1.807, 2.05) is 12.3 Å². The highest BCUT2D eigenvalue weighted by Crippen LogP contribution is 2.17. The van der Waals surface area contributed by atoms with Crippen LogP contribution in [-0.2, 0) is 4.79 Å². The Bertz CT molecular complexity index is 808. The number of benzene rings is 1. The van der Waals surface area contributed by atoms with E-state index in [1.54, 1.807) is 29.0 Å². The highest BCUT2D eigenvalue weighted by atomic mass is 32.1. The van der Waals surface area contributed by atoms with Crippen molar-refractivity contribution < 1.29 is 9.72 Å². The Morgan fingerprint density at radius 1 is 1.18 bits per heavy atom. The van der Waals surface area contributed by atoms with Crippen LogP contribution in [0.25, 0.3) is 11.8 Å². The lowest BCUT2D eigenvalue weighted by Gasteiger charge is -2.01. The molecule has 1 fully saturated rings. The molecule has 0 saturated carbocycles. The average Bonchev–Trinajstić information content (AvgIpc) is 3.06. The molecule has 0 bridgehead atoms. The number of aromatic nitrogens is 1. The molecule has 22 heavy (non-hydrogen) atoms. The van der Waals surface area contributed by atoms with Crippen molar-refractivity contribution in [3.8, 4) is 5.69 Å². The molecule has 1 saturated heterocycles. The van der Waals surface area contributed by atoms with Gasteiger partial charge in [-0.25, -0.2) is 0 Å². The van der Waals surface area contributed by atoms with E-state index in [4.69, 9.17) is 12.2 Å². The second-order valence-corrected chi connectivity index (χ2v) is 5.00. The number of non-ortho nitro benzene ring substituents is 1. The maximum atomic E-state index is 11.6. The molecule has 110 valence electrons. The molecule has 1 aromatic heterocycles. The smallest absolute Gasteiger partial charge is 0.273 e. The van der Waals surface area contributed by atoms with Crippen LogP contribution >= 0.6 is 12.2 Å². The van der Waals surface area contributed by atoms with Gasteiger partial charge in [-0.1, -0.05) is 0 Å². The van der Waals surface area contributed by atoms with Gasteiger partial charge >= 0.3 is 0 Å². The first-order chi connectivity index (χ1) is 10.5. The molecule has 2 heterocycles. The minimum absolute atomic E-state index is 0.0404. The van der Waals surface area contributed by atoms with E-state index in [9.17, 15) is 14.9 Å². The number of carbonyl (C=O) groups is 1. The normalized spacial score (nSPS) is 15.7. The predicted molar refractivity (Wildman–Crippen MR) is 84.3 cm³/mol. The summed E-state index contributed by atoms with van der Waals surface area (Å²) in [6.45, 7) is 0. The van der Waals surface area contributed by atoms with Gasteiger partial charge in [0.05, 0.1) is 4.92 Å². The lowest BCUT2D eigenvalue weighted by atomic mass is 10.2. The summed E-state index contributed by atoms with van der Waals surface area (Å²) in [5.41, 5.74) is 2.01. The minimum atomic E-state index is -0.442. The number of thiocarbonyl (C=S) groups is 1. The number of amides is 1. The zero-order chi connectivity index (χ0) is 15.7. The molecule has 2 aromatic rings. The molecule has 3 rings (SSSR count). The standard InChI is InChI=1S/C14H10N4O3S/c19-13-12(15-14(22)16-13)7-9-5-6-17(8-9)10-1-3-11(4-2-10)18(20)21/h1-8H,(H2,15,16,19,22)/b12-7-. The van der Waals surface area contributed by atoms with Crippen LogP contribution in [0.5, 0.6) is 0 Å². The third kappa shape index (κ3) is 2.72. The van der Waals surface area contributed by atoms with E-state index < -0.39 is 4.92 Å². The number of nitrogens with zero attached hydrogens (tertiary/aromatic N) is 2. The highest BCUT2D eigenvalue weighted by molar-refractivity contribution is 7.80. The van der Waals surface area contributed by atoms with E-state index in [1.165, 1.54) is 12.1 Å². The second-order valence-electron chi connectivity index (χ2n) is 4.59. The van der Waals surface area contributed by atoms with Gasteiger partial charge in [-0.05, 0) is 42.1 Å². The van der Waals surface area contributed by atoms with Gasteiger partial charge < -0.3 is 9.88 Å². The molecule has 0 atom stereocenters. The first-order valence-corrected chi connectivity index (χ1v) is 6.70. The van der Waals surface area contributed by atoms with Gasteiger partial charge in [0.1, 0.15) is 5.70 Å². The topological polar surface area (TPSA) is 89.2 Å². The molecule has 1 aliphatic heterocycles. The Balaban J connectivity index is 1.85. The quantitative estimate of drug-likeness (QED) is 0.390. The van der Waals surface area contributed by atoms with Crippen LogP contribution < -0.4 is 10.6 Å². The second kappa shape index (κ2) is 5.41. The van der Waals surface area contributed by atoms with Gasteiger partial charge in [0, 0.05) is 30.2 Å². The Hall–Kier alpha value is -3.00. The fourth-order valence-corrected chi connectivity index (χ4v) is 2.26. The minimum Gasteiger partial charge on any atom is -0.328 e. The number of hydrogen-bond acceptors (Lipinski definition) is 4. The summed E-state index contributed by atoms with van der Waals surface area (Å²) in [6.07, 6.45) is 5.29. The molecule has 0 aliphatic carbocycles. The van der Waals surface area contributed by atoms with Crippen LogP contribution in [0.4, 0.5) is 5.69 Å². The summed E-state index contributed by atoms with van der Waals surface area (Å²) in [6, 6.07) is 8.02. The number of rotatable bonds is 3. The Labute approximate surface area is 130 Å². The Morgan fingerprint density at radius 3 is 2.50 bits per heavy atom. The zero-order valence-corrected chi connectivity index (χ0v) is 12.0. The van der Waals surface area contributed by atoms with E-state index in [0.717, 1.165) is 11.3 Å². The van der Waals surface area contributed by atoms with Crippen LogP contribution in [0.3, 0.4) is 0 Å². The monoisotopic (exact) mass is 314 g/mol. The molecule has 1 amide bonds. The molecular weight excluding hydrogens is 304 g/mol. The van der Waals surface area contributed by atoms with Gasteiger partial charge in [0.25, 0.3) is 11.6 Å². The van der Waals surface area contributed by atoms with Crippen molar-refractivity contribution in [3.63, 3.8) is 0 Å². The van der Waals surface area contributed by atoms with Crippen LogP contribution in [0.2, 0.25) is 0 Å². The molecule has 7 nitrogen and oxygen atoms in total. The van der Waals surface area contributed by atoms with Gasteiger partial charge in [0.2, 0.25) is 0 Å². The van der Waals surface area contributed by atoms with Crippen molar-refractivity contribution in [2.75, 3.05) is 0 Å². The van der Waals surface area contributed by atoms with Gasteiger partial charge in [-0.15, -0.1) is 0 Å². The van der Waals surface area contributed by atoms with Crippen molar-refractivity contribution in [1.82, 2.24) is 15.2 Å². The summed E-state index contributed by atoms with van der Waals surface area (Å²) in [5, 5.41) is 16.2. The maximum absolute atomic E-state index is 11.6. The molecule has 2 N–H and O–H groups in total. The largest absolute Gasteiger partial charge is 0.328 e. The van der Waals surface area contributed by atoms with E-state index in [2.05, 4.69) is 10.6 Å². The molecule has 0 spiro atoms. The number of nitrogens with one attached hydrogen (secondary N) is 2. The van der Waals surface area contributed by atoms with E-state index in [0.29, 0.717) is 5.70 Å². The highest BCUT2D eigenvalue weighted by Gasteiger charge is 2.19. The molecule has 8 heteroatoms. The number of carbonyl (C=O) groups excluding carboxylic acids is 1. The van der Waals surface area contributed by atoms with Crippen molar-refractivity contribution in [1.29, 1.82) is 0 Å². The molecular formula is C14H10N4O3S. The fraction of sp³-hybridized carbons (Fsp3) is 0. The Kier molecular flexibility index (Phi) is 3.43. The van der Waals surface area contributed by atoms with Gasteiger partial charge in [0.15, 0.2) is 5.11 Å². The number of nitro groups is 1. The first kappa shape index (κ1) is 14.0. The summed E-state index contributed by atoms with van der Waals surface area (Å²) >= 11 is 4.86. The van der Waals surface area contributed by atoms with Gasteiger partial charge in [-0.3, -0.25) is 20.2 Å². The molecule has 0 unspecified atom stereocenters. The fourth-order valence-electron chi connectivity index (χ4n) is 2.05. The molecule has 1 aliphatic rings. The third-order valence-corrected chi connectivity index (χ3v) is 3.31. The Morgan fingerprint density at radius 2 is 1.91 bits per heavy atom. The molecule has 0 radical (unpaired) electrons. The average molecular weight is 314 g/mol. The van der Waals surface area contributed by atoms with E-state index >= 15 is 0 Å². The predicted octanol–water partition coefficient (Wildman–Crippen LogP) is 1.73.